The minimum atomic E-state index is -0.294. The fourth-order valence-corrected chi connectivity index (χ4v) is 1.94. The van der Waals surface area contributed by atoms with Gasteiger partial charge in [0.15, 0.2) is 0 Å². The Morgan fingerprint density at radius 2 is 2.00 bits per heavy atom. The lowest BCUT2D eigenvalue weighted by Gasteiger charge is -2.03. The topological polar surface area (TPSA) is 38.7 Å². The number of rotatable bonds is 2. The van der Waals surface area contributed by atoms with Crippen LogP contribution in [0.5, 0.6) is 0 Å². The summed E-state index contributed by atoms with van der Waals surface area (Å²) in [6.45, 7) is 0. The molecule has 0 saturated carbocycles. The van der Waals surface area contributed by atoms with Crippen molar-refractivity contribution in [1.82, 2.24) is 0 Å². The van der Waals surface area contributed by atoms with Crippen molar-refractivity contribution in [1.29, 1.82) is 0 Å². The first kappa shape index (κ1) is 10.7. The van der Waals surface area contributed by atoms with Crippen LogP contribution in [0.15, 0.2) is 71.1 Å². The molecule has 0 amide bonds. The molecule has 88 valence electrons. The van der Waals surface area contributed by atoms with Gasteiger partial charge in [0.1, 0.15) is 5.92 Å². The summed E-state index contributed by atoms with van der Waals surface area (Å²) >= 11 is 0. The second-order valence-electron chi connectivity index (χ2n) is 4.07. The van der Waals surface area contributed by atoms with Crippen LogP contribution >= 0.6 is 0 Å². The normalized spacial score (nSPS) is 21.6. The van der Waals surface area contributed by atoms with Crippen LogP contribution in [-0.4, -0.2) is 12.2 Å². The van der Waals surface area contributed by atoms with E-state index in [1.807, 2.05) is 54.6 Å². The molecule has 0 radical (unpaired) electrons. The second kappa shape index (κ2) is 4.45. The highest BCUT2D eigenvalue weighted by Crippen LogP contribution is 2.31. The van der Waals surface area contributed by atoms with Crippen LogP contribution in [0.2, 0.25) is 0 Å². The maximum atomic E-state index is 11.6. The third kappa shape index (κ3) is 1.91. The Kier molecular flexibility index (Phi) is 2.65. The minimum absolute atomic E-state index is 0.259. The monoisotopic (exact) mass is 237 g/mol. The van der Waals surface area contributed by atoms with Crippen molar-refractivity contribution in [2.45, 2.75) is 0 Å². The molecule has 3 rings (SSSR count). The number of hydrogen-bond acceptors (Lipinski definition) is 3. The van der Waals surface area contributed by atoms with E-state index in [2.05, 4.69) is 4.99 Å². The van der Waals surface area contributed by atoms with Gasteiger partial charge in [-0.1, -0.05) is 54.6 Å². The Morgan fingerprint density at radius 1 is 1.17 bits per heavy atom. The van der Waals surface area contributed by atoms with Crippen molar-refractivity contribution in [3.63, 3.8) is 0 Å². The number of allylic oxidation sites excluding steroid dienone is 3. The Bertz CT molecular complexity index is 594. The number of ether oxygens (including phenoxy) is 1. The molecule has 1 aromatic carbocycles. The molecule has 3 heteroatoms. The van der Waals surface area contributed by atoms with Gasteiger partial charge in [-0.05, 0) is 5.56 Å². The summed E-state index contributed by atoms with van der Waals surface area (Å²) in [6.07, 6.45) is 9.12. The highest BCUT2D eigenvalue weighted by atomic mass is 16.6. The van der Waals surface area contributed by atoms with Gasteiger partial charge in [0.25, 0.3) is 0 Å². The SMILES string of the molecule is O=C1OC(/N=C/c2ccccc2)=C2C=CC=CC12. The van der Waals surface area contributed by atoms with E-state index < -0.39 is 0 Å². The maximum Gasteiger partial charge on any atom is 0.324 e. The molecule has 1 unspecified atom stereocenters. The molecular weight excluding hydrogens is 226 g/mol. The molecule has 1 aliphatic heterocycles. The van der Waals surface area contributed by atoms with Crippen LogP contribution in [0.4, 0.5) is 0 Å². The summed E-state index contributed by atoms with van der Waals surface area (Å²) in [5.41, 5.74) is 1.80. The number of nitrogens with zero attached hydrogens (tertiary/aromatic N) is 1. The first-order valence-electron chi connectivity index (χ1n) is 5.74. The molecule has 1 atom stereocenters. The molecule has 0 N–H and O–H groups in total. The standard InChI is InChI=1S/C15H11NO2/c17-15-13-9-5-4-8-12(13)14(18-15)16-10-11-6-2-1-3-7-11/h1-10,13H/b16-10+. The molecule has 0 fully saturated rings. The first-order valence-corrected chi connectivity index (χ1v) is 5.74. The van der Waals surface area contributed by atoms with Crippen molar-refractivity contribution in [3.05, 3.63) is 71.7 Å². The van der Waals surface area contributed by atoms with Crippen molar-refractivity contribution >= 4 is 12.2 Å². The number of hydrogen-bond donors (Lipinski definition) is 0. The lowest BCUT2D eigenvalue weighted by molar-refractivity contribution is -0.138. The number of benzene rings is 1. The van der Waals surface area contributed by atoms with Crippen LogP contribution in [0.1, 0.15) is 5.56 Å². The number of cyclic esters (lactones) is 1. The van der Waals surface area contributed by atoms with E-state index in [1.54, 1.807) is 6.21 Å². The fourth-order valence-electron chi connectivity index (χ4n) is 1.94. The van der Waals surface area contributed by atoms with Crippen molar-refractivity contribution < 1.29 is 9.53 Å². The summed E-state index contributed by atoms with van der Waals surface area (Å²) in [7, 11) is 0. The molecule has 1 aliphatic carbocycles. The molecule has 1 aromatic rings. The highest BCUT2D eigenvalue weighted by Gasteiger charge is 2.33. The largest absolute Gasteiger partial charge is 0.406 e. The van der Waals surface area contributed by atoms with E-state index in [-0.39, 0.29) is 11.9 Å². The second-order valence-corrected chi connectivity index (χ2v) is 4.07. The van der Waals surface area contributed by atoms with Crippen LogP contribution in [0, 0.1) is 5.92 Å². The Morgan fingerprint density at radius 3 is 2.83 bits per heavy atom. The molecule has 2 aliphatic rings. The summed E-state index contributed by atoms with van der Waals surface area (Å²) < 4.78 is 5.17. The molecule has 0 bridgehead atoms. The molecular formula is C15H11NO2. The van der Waals surface area contributed by atoms with Crippen molar-refractivity contribution in [2.24, 2.45) is 10.9 Å². The van der Waals surface area contributed by atoms with Gasteiger partial charge in [0, 0.05) is 11.8 Å². The molecule has 0 saturated heterocycles. The quantitative estimate of drug-likeness (QED) is 0.585. The Hall–Kier alpha value is -2.42. The number of fused-ring (bicyclic) bond motifs is 1. The summed E-state index contributed by atoms with van der Waals surface area (Å²) in [4.78, 5) is 15.9. The van der Waals surface area contributed by atoms with Gasteiger partial charge < -0.3 is 4.74 Å². The number of carbonyl (C=O) groups excluding carboxylic acids is 1. The van der Waals surface area contributed by atoms with Gasteiger partial charge in [0.2, 0.25) is 5.88 Å². The van der Waals surface area contributed by atoms with E-state index in [1.165, 1.54) is 0 Å². The summed E-state index contributed by atoms with van der Waals surface area (Å²) in [5.74, 6) is -0.154. The zero-order valence-corrected chi connectivity index (χ0v) is 9.61. The van der Waals surface area contributed by atoms with Crippen molar-refractivity contribution in [2.75, 3.05) is 0 Å². The summed E-state index contributed by atoms with van der Waals surface area (Å²) in [5, 5.41) is 0. The average Bonchev–Trinajstić information content (AvgIpc) is 2.75. The summed E-state index contributed by atoms with van der Waals surface area (Å²) in [6, 6.07) is 9.70. The maximum absolute atomic E-state index is 11.6. The van der Waals surface area contributed by atoms with Gasteiger partial charge in [-0.3, -0.25) is 4.79 Å². The Balaban J connectivity index is 1.89. The van der Waals surface area contributed by atoms with Gasteiger partial charge in [0.05, 0.1) is 0 Å². The zero-order valence-electron chi connectivity index (χ0n) is 9.61. The average molecular weight is 237 g/mol. The Labute approximate surface area is 105 Å². The predicted molar refractivity (Wildman–Crippen MR) is 68.9 cm³/mol. The third-order valence-corrected chi connectivity index (χ3v) is 2.85. The zero-order chi connectivity index (χ0) is 12.4. The van der Waals surface area contributed by atoms with E-state index in [0.717, 1.165) is 11.1 Å². The van der Waals surface area contributed by atoms with Gasteiger partial charge >= 0.3 is 5.97 Å². The van der Waals surface area contributed by atoms with Crippen LogP contribution < -0.4 is 0 Å². The number of esters is 1. The lowest BCUT2D eigenvalue weighted by Crippen LogP contribution is -2.08. The molecule has 0 spiro atoms. The van der Waals surface area contributed by atoms with E-state index >= 15 is 0 Å². The van der Waals surface area contributed by atoms with Gasteiger partial charge in [-0.15, -0.1) is 0 Å². The number of aliphatic imine (C=N–C) groups is 1. The van der Waals surface area contributed by atoms with Gasteiger partial charge in [-0.2, -0.15) is 0 Å². The van der Waals surface area contributed by atoms with E-state index in [4.69, 9.17) is 4.74 Å². The predicted octanol–water partition coefficient (Wildman–Crippen LogP) is 2.62. The van der Waals surface area contributed by atoms with Crippen LogP contribution in [-0.2, 0) is 9.53 Å². The smallest absolute Gasteiger partial charge is 0.324 e. The van der Waals surface area contributed by atoms with Crippen LogP contribution in [0.25, 0.3) is 0 Å². The van der Waals surface area contributed by atoms with Crippen molar-refractivity contribution in [3.8, 4) is 0 Å². The van der Waals surface area contributed by atoms with E-state index in [0.29, 0.717) is 5.88 Å². The molecule has 0 aromatic heterocycles. The lowest BCUT2D eigenvalue weighted by atomic mass is 9.97. The molecule has 3 nitrogen and oxygen atoms in total. The third-order valence-electron chi connectivity index (χ3n) is 2.85. The first-order chi connectivity index (χ1) is 8.84. The highest BCUT2D eigenvalue weighted by molar-refractivity contribution is 5.86. The number of carbonyl (C=O) groups is 1. The van der Waals surface area contributed by atoms with Crippen LogP contribution in [0.3, 0.4) is 0 Å². The van der Waals surface area contributed by atoms with E-state index in [9.17, 15) is 4.79 Å². The molecule has 18 heavy (non-hydrogen) atoms. The minimum Gasteiger partial charge on any atom is -0.406 e. The fraction of sp³-hybridized carbons (Fsp3) is 0.0667. The molecule has 1 heterocycles. The van der Waals surface area contributed by atoms with Gasteiger partial charge in [-0.25, -0.2) is 4.99 Å².